The van der Waals surface area contributed by atoms with Crippen molar-refractivity contribution in [2.75, 3.05) is 11.9 Å². The smallest absolute Gasteiger partial charge is 0.189 e. The van der Waals surface area contributed by atoms with Crippen molar-refractivity contribution in [3.63, 3.8) is 0 Å². The summed E-state index contributed by atoms with van der Waals surface area (Å²) >= 11 is 1.33. The second-order valence-electron chi connectivity index (χ2n) is 7.22. The molecule has 4 aromatic rings. The number of hydrogen-bond donors (Lipinski definition) is 2. The van der Waals surface area contributed by atoms with E-state index in [9.17, 15) is 0 Å². The van der Waals surface area contributed by atoms with Crippen LogP contribution in [0.1, 0.15) is 35.1 Å². The Hall–Kier alpha value is -3.21. The molecule has 0 spiro atoms. The third kappa shape index (κ3) is 3.73. The zero-order valence-electron chi connectivity index (χ0n) is 15.8. The molecule has 1 atom stereocenters. The van der Waals surface area contributed by atoms with Gasteiger partial charge in [-0.15, -0.1) is 0 Å². The summed E-state index contributed by atoms with van der Waals surface area (Å²) in [5, 5.41) is 14.1. The molecule has 0 saturated carbocycles. The Kier molecular flexibility index (Phi) is 4.72. The van der Waals surface area contributed by atoms with Gasteiger partial charge in [-0.2, -0.15) is 5.26 Å². The van der Waals surface area contributed by atoms with Crippen molar-refractivity contribution in [1.29, 1.82) is 5.26 Å². The van der Waals surface area contributed by atoms with Gasteiger partial charge in [0.2, 0.25) is 0 Å². The van der Waals surface area contributed by atoms with E-state index in [2.05, 4.69) is 62.7 Å². The van der Waals surface area contributed by atoms with Gasteiger partial charge in [-0.25, -0.2) is 9.97 Å². The minimum Gasteiger partial charge on any atom is -0.357 e. The van der Waals surface area contributed by atoms with Gasteiger partial charge in [0.1, 0.15) is 16.8 Å². The molecule has 1 saturated heterocycles. The van der Waals surface area contributed by atoms with Gasteiger partial charge in [0.05, 0.1) is 17.9 Å². The van der Waals surface area contributed by atoms with Crippen molar-refractivity contribution >= 4 is 33.2 Å². The zero-order valence-corrected chi connectivity index (χ0v) is 16.6. The molecule has 4 heterocycles. The molecular weight excluding hydrogens is 380 g/mol. The Balaban J connectivity index is 1.34. The number of benzene rings is 1. The maximum atomic E-state index is 8.97. The van der Waals surface area contributed by atoms with E-state index in [1.807, 2.05) is 12.1 Å². The number of aromatic nitrogens is 3. The molecule has 0 bridgehead atoms. The van der Waals surface area contributed by atoms with E-state index in [1.165, 1.54) is 34.4 Å². The fourth-order valence-electron chi connectivity index (χ4n) is 3.99. The summed E-state index contributed by atoms with van der Waals surface area (Å²) in [6.07, 6.45) is 3.85. The summed E-state index contributed by atoms with van der Waals surface area (Å²) in [5.41, 5.74) is 3.49. The van der Waals surface area contributed by atoms with Gasteiger partial charge >= 0.3 is 0 Å². The normalized spacial score (nSPS) is 16.9. The van der Waals surface area contributed by atoms with E-state index in [0.717, 1.165) is 31.0 Å². The molecule has 1 aliphatic rings. The van der Waals surface area contributed by atoms with Crippen LogP contribution in [0.4, 0.5) is 10.9 Å². The molecule has 0 radical (unpaired) electrons. The van der Waals surface area contributed by atoms with E-state index >= 15 is 0 Å². The molecule has 29 heavy (non-hydrogen) atoms. The van der Waals surface area contributed by atoms with E-state index in [4.69, 9.17) is 10.2 Å². The first kappa shape index (κ1) is 17.9. The van der Waals surface area contributed by atoms with Crippen molar-refractivity contribution in [3.05, 3.63) is 71.0 Å². The lowest BCUT2D eigenvalue weighted by molar-refractivity contribution is 0.242. The van der Waals surface area contributed by atoms with Crippen LogP contribution in [0.3, 0.4) is 0 Å². The van der Waals surface area contributed by atoms with Crippen molar-refractivity contribution in [2.45, 2.75) is 25.4 Å². The summed E-state index contributed by atoms with van der Waals surface area (Å²) < 4.78 is 0. The summed E-state index contributed by atoms with van der Waals surface area (Å²) in [7, 11) is 0. The second kappa shape index (κ2) is 7.66. The third-order valence-corrected chi connectivity index (χ3v) is 6.10. The van der Waals surface area contributed by atoms with E-state index < -0.39 is 0 Å². The molecular formula is C22H20N6S. The number of nitriles is 1. The fourth-order valence-corrected chi connectivity index (χ4v) is 4.61. The minimum absolute atomic E-state index is 0.300. The first-order chi connectivity index (χ1) is 14.3. The van der Waals surface area contributed by atoms with Crippen LogP contribution in [0, 0.1) is 11.3 Å². The molecule has 6 nitrogen and oxygen atoms in total. The fraction of sp³-hybridized carbons (Fsp3) is 0.227. The number of hydrogen-bond acceptors (Lipinski definition) is 6. The van der Waals surface area contributed by atoms with E-state index in [-0.39, 0.29) is 0 Å². The number of aromatic amines is 1. The Morgan fingerprint density at radius 3 is 3.03 bits per heavy atom. The number of rotatable bonds is 5. The van der Waals surface area contributed by atoms with E-state index in [0.29, 0.717) is 16.1 Å². The summed E-state index contributed by atoms with van der Waals surface area (Å²) in [4.78, 5) is 15.7. The highest BCUT2D eigenvalue weighted by Gasteiger charge is 2.27. The van der Waals surface area contributed by atoms with Crippen LogP contribution in [0.2, 0.25) is 0 Å². The first-order valence-corrected chi connectivity index (χ1v) is 10.5. The van der Waals surface area contributed by atoms with Crippen LogP contribution in [0.15, 0.2) is 54.7 Å². The van der Waals surface area contributed by atoms with Crippen LogP contribution >= 0.6 is 11.3 Å². The van der Waals surface area contributed by atoms with Crippen molar-refractivity contribution < 1.29 is 0 Å². The summed E-state index contributed by atoms with van der Waals surface area (Å²) in [6.45, 7) is 1.95. The van der Waals surface area contributed by atoms with Crippen LogP contribution in [-0.4, -0.2) is 26.4 Å². The molecule has 1 fully saturated rings. The SMILES string of the molecule is N#Cc1cnc(Nc2cccc([C@H]3CCCN3Cc3cc4ccccc4[nH]3)n2)s1. The Bertz CT molecular complexity index is 1150. The highest BCUT2D eigenvalue weighted by atomic mass is 32.1. The number of pyridine rings is 1. The standard InChI is InChI=1S/C22H20N6S/c23-12-17-13-24-22(29-17)27-21-9-3-7-19(26-21)20-8-4-10-28(20)14-16-11-15-5-1-2-6-18(15)25-16/h1-3,5-7,9,11,13,20,25H,4,8,10,14H2,(H,24,26,27)/t20-/m1/s1. The van der Waals surface area contributed by atoms with Gasteiger partial charge in [0, 0.05) is 17.8 Å². The maximum absolute atomic E-state index is 8.97. The predicted octanol–water partition coefficient (Wildman–Crippen LogP) is 4.97. The topological polar surface area (TPSA) is 80.6 Å². The third-order valence-electron chi connectivity index (χ3n) is 5.29. The first-order valence-electron chi connectivity index (χ1n) is 9.69. The molecule has 2 N–H and O–H groups in total. The average molecular weight is 401 g/mol. The number of likely N-dealkylation sites (tertiary alicyclic amines) is 1. The molecule has 1 aromatic carbocycles. The monoisotopic (exact) mass is 400 g/mol. The number of para-hydroxylation sites is 1. The maximum Gasteiger partial charge on any atom is 0.189 e. The Labute approximate surface area is 172 Å². The molecule has 0 aliphatic carbocycles. The molecule has 0 amide bonds. The van der Waals surface area contributed by atoms with Gasteiger partial charge < -0.3 is 10.3 Å². The van der Waals surface area contributed by atoms with Gasteiger partial charge in [-0.05, 0) is 49.0 Å². The lowest BCUT2D eigenvalue weighted by atomic mass is 10.1. The Morgan fingerprint density at radius 1 is 1.24 bits per heavy atom. The number of fused-ring (bicyclic) bond motifs is 1. The minimum atomic E-state index is 0.300. The van der Waals surface area contributed by atoms with Crippen molar-refractivity contribution in [3.8, 4) is 6.07 Å². The lowest BCUT2D eigenvalue weighted by Gasteiger charge is -2.23. The highest BCUT2D eigenvalue weighted by molar-refractivity contribution is 7.16. The van der Waals surface area contributed by atoms with Gasteiger partial charge in [0.25, 0.3) is 0 Å². The van der Waals surface area contributed by atoms with Crippen LogP contribution in [0.25, 0.3) is 10.9 Å². The van der Waals surface area contributed by atoms with Gasteiger partial charge in [-0.1, -0.05) is 35.6 Å². The lowest BCUT2D eigenvalue weighted by Crippen LogP contribution is -2.23. The second-order valence-corrected chi connectivity index (χ2v) is 8.26. The quantitative estimate of drug-likeness (QED) is 0.494. The molecule has 7 heteroatoms. The van der Waals surface area contributed by atoms with Gasteiger partial charge in [-0.3, -0.25) is 4.90 Å². The molecule has 3 aromatic heterocycles. The van der Waals surface area contributed by atoms with E-state index in [1.54, 1.807) is 6.20 Å². The predicted molar refractivity (Wildman–Crippen MR) is 115 cm³/mol. The highest BCUT2D eigenvalue weighted by Crippen LogP contribution is 2.33. The molecule has 144 valence electrons. The average Bonchev–Trinajstić information content (AvgIpc) is 3.47. The van der Waals surface area contributed by atoms with Crippen molar-refractivity contribution in [1.82, 2.24) is 19.9 Å². The number of anilines is 2. The molecule has 1 aliphatic heterocycles. The zero-order chi connectivity index (χ0) is 19.6. The number of thiazole rings is 1. The molecule has 0 unspecified atom stereocenters. The number of nitrogens with one attached hydrogen (secondary N) is 2. The summed E-state index contributed by atoms with van der Waals surface area (Å²) in [5.74, 6) is 0.763. The number of H-pyrrole nitrogens is 1. The van der Waals surface area contributed by atoms with Crippen LogP contribution < -0.4 is 5.32 Å². The molecule has 5 rings (SSSR count). The number of nitrogens with zero attached hydrogens (tertiary/aromatic N) is 4. The van der Waals surface area contributed by atoms with Gasteiger partial charge in [0.15, 0.2) is 5.13 Å². The van der Waals surface area contributed by atoms with Crippen LogP contribution in [0.5, 0.6) is 0 Å². The van der Waals surface area contributed by atoms with Crippen molar-refractivity contribution in [2.24, 2.45) is 0 Å². The summed E-state index contributed by atoms with van der Waals surface area (Å²) in [6, 6.07) is 19.1. The van der Waals surface area contributed by atoms with Crippen LogP contribution in [-0.2, 0) is 6.54 Å². The Morgan fingerprint density at radius 2 is 2.17 bits per heavy atom. The largest absolute Gasteiger partial charge is 0.357 e.